The molecule has 0 radical (unpaired) electrons. The van der Waals surface area contributed by atoms with Gasteiger partial charge in [-0.05, 0) is 26.3 Å². The first-order valence-corrected chi connectivity index (χ1v) is 9.16. The number of esters is 1. The number of rotatable bonds is 6. The Kier molecular flexibility index (Phi) is 6.77. The van der Waals surface area contributed by atoms with Crippen LogP contribution in [0.25, 0.3) is 0 Å². The number of nitrogens with one attached hydrogen (secondary N) is 1. The van der Waals surface area contributed by atoms with E-state index in [1.807, 2.05) is 0 Å². The summed E-state index contributed by atoms with van der Waals surface area (Å²) in [6, 6.07) is 7.23. The second kappa shape index (κ2) is 8.14. The van der Waals surface area contributed by atoms with Crippen molar-refractivity contribution in [3.05, 3.63) is 35.9 Å². The minimum Gasteiger partial charge on any atom is -0.467 e. The van der Waals surface area contributed by atoms with Gasteiger partial charge in [-0.1, -0.05) is 30.3 Å². The Bertz CT molecular complexity index is 664. The van der Waals surface area contributed by atoms with Crippen LogP contribution in [0.4, 0.5) is 4.79 Å². The fraction of sp³-hybridized carbons (Fsp3) is 0.500. The molecule has 0 aromatic heterocycles. The van der Waals surface area contributed by atoms with Gasteiger partial charge in [-0.3, -0.25) is 0 Å². The van der Waals surface area contributed by atoms with E-state index in [0.29, 0.717) is 5.56 Å². The monoisotopic (exact) mass is 357 g/mol. The fourth-order valence-corrected chi connectivity index (χ4v) is 3.45. The highest BCUT2D eigenvalue weighted by atomic mass is 32.2. The van der Waals surface area contributed by atoms with Crippen molar-refractivity contribution < 1.29 is 27.5 Å². The Hall–Kier alpha value is -2.09. The largest absolute Gasteiger partial charge is 0.467 e. The zero-order valence-electron chi connectivity index (χ0n) is 14.2. The van der Waals surface area contributed by atoms with Crippen molar-refractivity contribution >= 4 is 21.9 Å². The zero-order valence-corrected chi connectivity index (χ0v) is 15.1. The molecular weight excluding hydrogens is 334 g/mol. The molecule has 0 aliphatic carbocycles. The summed E-state index contributed by atoms with van der Waals surface area (Å²) in [6.07, 6.45) is -0.882. The molecule has 1 aromatic carbocycles. The average Bonchev–Trinajstić information content (AvgIpc) is 2.44. The van der Waals surface area contributed by atoms with Gasteiger partial charge in [0.2, 0.25) is 0 Å². The minimum absolute atomic E-state index is 0.239. The summed E-state index contributed by atoms with van der Waals surface area (Å²) in [4.78, 5) is 23.6. The molecule has 134 valence electrons. The van der Waals surface area contributed by atoms with Gasteiger partial charge in [0.1, 0.15) is 11.6 Å². The van der Waals surface area contributed by atoms with E-state index >= 15 is 0 Å². The molecular formula is C16H23NO6S. The van der Waals surface area contributed by atoms with E-state index < -0.39 is 39.3 Å². The molecule has 0 spiro atoms. The van der Waals surface area contributed by atoms with Crippen LogP contribution >= 0.6 is 0 Å². The van der Waals surface area contributed by atoms with E-state index in [2.05, 4.69) is 10.1 Å². The van der Waals surface area contributed by atoms with E-state index in [-0.39, 0.29) is 5.75 Å². The molecule has 1 rings (SSSR count). The number of sulfone groups is 1. The summed E-state index contributed by atoms with van der Waals surface area (Å²) in [5.74, 6) is -1.66. The van der Waals surface area contributed by atoms with Crippen LogP contribution in [0.2, 0.25) is 0 Å². The van der Waals surface area contributed by atoms with Gasteiger partial charge >= 0.3 is 12.1 Å². The van der Waals surface area contributed by atoms with Crippen LogP contribution in [0.15, 0.2) is 30.3 Å². The molecule has 0 saturated heterocycles. The molecule has 7 nitrogen and oxygen atoms in total. The number of hydrogen-bond donors (Lipinski definition) is 1. The number of carbonyl (C=O) groups excluding carboxylic acids is 2. The summed E-state index contributed by atoms with van der Waals surface area (Å²) in [6.45, 7) is 4.98. The van der Waals surface area contributed by atoms with Gasteiger partial charge in [-0.15, -0.1) is 0 Å². The third-order valence-corrected chi connectivity index (χ3v) is 4.44. The van der Waals surface area contributed by atoms with Crippen LogP contribution in [0, 0.1) is 0 Å². The smallest absolute Gasteiger partial charge is 0.408 e. The number of methoxy groups -OCH3 is 1. The molecule has 1 amide bonds. The van der Waals surface area contributed by atoms with E-state index in [4.69, 9.17) is 4.74 Å². The van der Waals surface area contributed by atoms with Crippen LogP contribution in [0.1, 0.15) is 26.3 Å². The number of amides is 1. The highest BCUT2D eigenvalue weighted by Crippen LogP contribution is 2.10. The van der Waals surface area contributed by atoms with Crippen molar-refractivity contribution in [3.63, 3.8) is 0 Å². The molecule has 1 aromatic rings. The molecule has 24 heavy (non-hydrogen) atoms. The molecule has 1 atom stereocenters. The second-order valence-corrected chi connectivity index (χ2v) is 8.37. The Morgan fingerprint density at radius 2 is 1.75 bits per heavy atom. The van der Waals surface area contributed by atoms with Crippen molar-refractivity contribution in [2.24, 2.45) is 0 Å². The van der Waals surface area contributed by atoms with Crippen LogP contribution in [-0.2, 0) is 29.9 Å². The number of carbonyl (C=O) groups is 2. The van der Waals surface area contributed by atoms with E-state index in [1.165, 1.54) is 0 Å². The highest BCUT2D eigenvalue weighted by molar-refractivity contribution is 7.90. The topological polar surface area (TPSA) is 98.8 Å². The molecule has 1 N–H and O–H groups in total. The van der Waals surface area contributed by atoms with Crippen LogP contribution in [-0.4, -0.2) is 45.0 Å². The third kappa shape index (κ3) is 7.45. The van der Waals surface area contributed by atoms with Gasteiger partial charge in [0, 0.05) is 0 Å². The van der Waals surface area contributed by atoms with Gasteiger partial charge in [0.15, 0.2) is 9.84 Å². The quantitative estimate of drug-likeness (QED) is 0.778. The maximum absolute atomic E-state index is 12.3. The molecule has 0 aliphatic heterocycles. The van der Waals surface area contributed by atoms with Crippen LogP contribution in [0.5, 0.6) is 0 Å². The fourth-order valence-electron chi connectivity index (χ4n) is 1.90. The Labute approximate surface area is 142 Å². The van der Waals surface area contributed by atoms with E-state index in [9.17, 15) is 18.0 Å². The summed E-state index contributed by atoms with van der Waals surface area (Å²) in [5, 5.41) is 2.25. The Morgan fingerprint density at radius 1 is 1.17 bits per heavy atom. The van der Waals surface area contributed by atoms with Gasteiger partial charge < -0.3 is 14.8 Å². The molecule has 8 heteroatoms. The number of hydrogen-bond acceptors (Lipinski definition) is 6. The summed E-state index contributed by atoms with van der Waals surface area (Å²) >= 11 is 0. The summed E-state index contributed by atoms with van der Waals surface area (Å²) in [5.41, 5.74) is -0.174. The maximum Gasteiger partial charge on any atom is 0.408 e. The Morgan fingerprint density at radius 3 is 2.25 bits per heavy atom. The second-order valence-electron chi connectivity index (χ2n) is 6.26. The minimum atomic E-state index is -3.65. The van der Waals surface area contributed by atoms with Crippen molar-refractivity contribution in [2.45, 2.75) is 38.2 Å². The lowest BCUT2D eigenvalue weighted by Gasteiger charge is -2.22. The van der Waals surface area contributed by atoms with Crippen molar-refractivity contribution in [1.82, 2.24) is 5.32 Å². The predicted molar refractivity (Wildman–Crippen MR) is 89.1 cm³/mol. The molecule has 0 unspecified atom stereocenters. The average molecular weight is 357 g/mol. The Balaban J connectivity index is 2.82. The molecule has 0 fully saturated rings. The number of alkyl carbamates (subject to hydrolysis) is 1. The predicted octanol–water partition coefficient (Wildman–Crippen LogP) is 1.67. The van der Waals surface area contributed by atoms with Gasteiger partial charge in [-0.2, -0.15) is 0 Å². The lowest BCUT2D eigenvalue weighted by atomic mass is 10.2. The van der Waals surface area contributed by atoms with Crippen molar-refractivity contribution in [3.8, 4) is 0 Å². The third-order valence-electron chi connectivity index (χ3n) is 2.83. The normalized spacial score (nSPS) is 13.0. The molecule has 0 aliphatic rings. The zero-order chi connectivity index (χ0) is 18.4. The first kappa shape index (κ1) is 20.0. The maximum atomic E-state index is 12.3. The SMILES string of the molecule is COC(=O)[C@H](CS(=O)(=O)Cc1ccccc1)NC(=O)OC(C)(C)C. The van der Waals surface area contributed by atoms with Gasteiger partial charge in [-0.25, -0.2) is 18.0 Å². The summed E-state index contributed by atoms with van der Waals surface area (Å²) < 4.78 is 34.2. The number of ether oxygens (including phenoxy) is 2. The first-order valence-electron chi connectivity index (χ1n) is 7.34. The van der Waals surface area contributed by atoms with Gasteiger partial charge in [0.05, 0.1) is 18.6 Å². The van der Waals surface area contributed by atoms with Gasteiger partial charge in [0.25, 0.3) is 0 Å². The van der Waals surface area contributed by atoms with E-state index in [1.54, 1.807) is 51.1 Å². The highest BCUT2D eigenvalue weighted by Gasteiger charge is 2.30. The number of benzene rings is 1. The molecule has 0 saturated carbocycles. The van der Waals surface area contributed by atoms with Crippen LogP contribution < -0.4 is 5.32 Å². The molecule has 0 heterocycles. The lowest BCUT2D eigenvalue weighted by Crippen LogP contribution is -2.47. The summed E-state index contributed by atoms with van der Waals surface area (Å²) in [7, 11) is -2.53. The van der Waals surface area contributed by atoms with Crippen molar-refractivity contribution in [2.75, 3.05) is 12.9 Å². The van der Waals surface area contributed by atoms with E-state index in [0.717, 1.165) is 7.11 Å². The van der Waals surface area contributed by atoms with Crippen molar-refractivity contribution in [1.29, 1.82) is 0 Å². The molecule has 0 bridgehead atoms. The first-order chi connectivity index (χ1) is 11.0. The lowest BCUT2D eigenvalue weighted by molar-refractivity contribution is -0.142. The standard InChI is InChI=1S/C16H23NO6S/c1-16(2,3)23-15(19)17-13(14(18)22-4)11-24(20,21)10-12-8-6-5-7-9-12/h5-9,13H,10-11H2,1-4H3,(H,17,19)/t13-/m0/s1. The van der Waals surface area contributed by atoms with Crippen LogP contribution in [0.3, 0.4) is 0 Å².